The molecule has 6 nitrogen and oxygen atoms in total. The Kier molecular flexibility index (Phi) is 2.58. The lowest BCUT2D eigenvalue weighted by molar-refractivity contribution is -0.266. The molecule has 2 aromatic rings. The van der Waals surface area contributed by atoms with Crippen LogP contribution in [0.2, 0.25) is 0 Å². The van der Waals surface area contributed by atoms with E-state index in [1.54, 1.807) is 30.3 Å². The van der Waals surface area contributed by atoms with Crippen LogP contribution in [0.5, 0.6) is 5.75 Å². The molecular formula is C11H8N4O2. The zero-order chi connectivity index (χ0) is 12.4. The standard InChI is InChI=1S/C11H8N4O2/c1-15-11(17)9(13-12)10(16)8(14-15)7-5-3-2-4-6-7/h2-6H,1H3. The molecule has 0 fully saturated rings. The van der Waals surface area contributed by atoms with Gasteiger partial charge in [-0.25, -0.2) is 4.68 Å². The number of nitrogens with zero attached hydrogens (tertiary/aromatic N) is 4. The second-order valence-corrected chi connectivity index (χ2v) is 3.42. The minimum absolute atomic E-state index is 0.0838. The molecular weight excluding hydrogens is 220 g/mol. The summed E-state index contributed by atoms with van der Waals surface area (Å²) >= 11 is 0. The predicted octanol–water partition coefficient (Wildman–Crippen LogP) is 1.01. The first kappa shape index (κ1) is 10.8. The molecule has 0 bridgehead atoms. The van der Waals surface area contributed by atoms with Crippen LogP contribution in [0.15, 0.2) is 35.1 Å². The number of diazo groups is 1. The van der Waals surface area contributed by atoms with E-state index in [1.807, 2.05) is 0 Å². The first-order chi connectivity index (χ1) is 8.15. The maximum Gasteiger partial charge on any atom is 0.445 e. The Bertz CT molecular complexity index is 656. The minimum atomic E-state index is -0.725. The third-order valence-electron chi connectivity index (χ3n) is 2.32. The van der Waals surface area contributed by atoms with Gasteiger partial charge in [0, 0.05) is 18.4 Å². The molecule has 0 N–H and O–H groups in total. The molecule has 1 aromatic carbocycles. The highest BCUT2D eigenvalue weighted by molar-refractivity contribution is 5.72. The van der Waals surface area contributed by atoms with Gasteiger partial charge in [-0.3, -0.25) is 4.79 Å². The van der Waals surface area contributed by atoms with Gasteiger partial charge in [-0.05, 0) is 0 Å². The Hall–Kier alpha value is -2.68. The SMILES string of the molecule is Cn1nc(-c2ccccc2)c([O-])c([N+]#N)c1=O. The van der Waals surface area contributed by atoms with Crippen molar-refractivity contribution in [1.82, 2.24) is 9.78 Å². The summed E-state index contributed by atoms with van der Waals surface area (Å²) in [6.07, 6.45) is 0. The zero-order valence-electron chi connectivity index (χ0n) is 8.99. The lowest BCUT2D eigenvalue weighted by atomic mass is 10.1. The Morgan fingerprint density at radius 1 is 1.35 bits per heavy atom. The summed E-state index contributed by atoms with van der Waals surface area (Å²) in [6.45, 7) is 0. The van der Waals surface area contributed by atoms with Crippen LogP contribution in [0.3, 0.4) is 0 Å². The highest BCUT2D eigenvalue weighted by Gasteiger charge is 2.20. The van der Waals surface area contributed by atoms with Crippen LogP contribution < -0.4 is 10.7 Å². The fourth-order valence-electron chi connectivity index (χ4n) is 1.48. The quantitative estimate of drug-likeness (QED) is 0.681. The van der Waals surface area contributed by atoms with Crippen molar-refractivity contribution in [2.45, 2.75) is 0 Å². The molecule has 0 aliphatic heterocycles. The van der Waals surface area contributed by atoms with Crippen LogP contribution in [0.4, 0.5) is 5.69 Å². The molecule has 0 saturated carbocycles. The van der Waals surface area contributed by atoms with Crippen LogP contribution in [0, 0.1) is 5.39 Å². The first-order valence-electron chi connectivity index (χ1n) is 4.84. The fraction of sp³-hybridized carbons (Fsp3) is 0.0909. The summed E-state index contributed by atoms with van der Waals surface area (Å²) in [7, 11) is 1.39. The number of hydrogen-bond acceptors (Lipinski definition) is 4. The molecule has 84 valence electrons. The van der Waals surface area contributed by atoms with Crippen LogP contribution in [-0.4, -0.2) is 9.78 Å². The third kappa shape index (κ3) is 1.74. The normalized spacial score (nSPS) is 9.88. The minimum Gasteiger partial charge on any atom is -0.865 e. The largest absolute Gasteiger partial charge is 0.865 e. The maximum absolute atomic E-state index is 11.8. The van der Waals surface area contributed by atoms with Crippen molar-refractivity contribution >= 4 is 5.69 Å². The Labute approximate surface area is 96.4 Å². The van der Waals surface area contributed by atoms with Crippen molar-refractivity contribution in [3.05, 3.63) is 45.7 Å². The first-order valence-corrected chi connectivity index (χ1v) is 4.84. The molecule has 1 aromatic heterocycles. The van der Waals surface area contributed by atoms with Crippen molar-refractivity contribution in [2.75, 3.05) is 0 Å². The molecule has 0 spiro atoms. The van der Waals surface area contributed by atoms with Gasteiger partial charge in [0.1, 0.15) is 0 Å². The topological polar surface area (TPSA) is 86.1 Å². The lowest BCUT2D eigenvalue weighted by Gasteiger charge is -2.10. The Morgan fingerprint density at radius 2 is 2.00 bits per heavy atom. The zero-order valence-corrected chi connectivity index (χ0v) is 8.99. The van der Waals surface area contributed by atoms with Crippen molar-refractivity contribution < 1.29 is 5.11 Å². The molecule has 6 heteroatoms. The van der Waals surface area contributed by atoms with Gasteiger partial charge in [-0.2, -0.15) is 5.10 Å². The molecule has 0 unspecified atom stereocenters. The molecule has 0 amide bonds. The molecule has 1 heterocycles. The number of aryl methyl sites for hydroxylation is 1. The Balaban J connectivity index is 2.78. The summed E-state index contributed by atoms with van der Waals surface area (Å²) < 4.78 is 0.971. The van der Waals surface area contributed by atoms with E-state index in [0.717, 1.165) is 4.68 Å². The molecule has 0 radical (unpaired) electrons. The van der Waals surface area contributed by atoms with E-state index in [4.69, 9.17) is 5.39 Å². The van der Waals surface area contributed by atoms with Gasteiger partial charge in [0.2, 0.25) is 5.39 Å². The molecule has 0 aliphatic rings. The summed E-state index contributed by atoms with van der Waals surface area (Å²) in [4.78, 5) is 14.2. The molecule has 0 atom stereocenters. The van der Waals surface area contributed by atoms with Crippen LogP contribution in [-0.2, 0) is 7.05 Å². The number of rotatable bonds is 1. The van der Waals surface area contributed by atoms with E-state index >= 15 is 0 Å². The van der Waals surface area contributed by atoms with Gasteiger partial charge in [0.15, 0.2) is 4.98 Å². The monoisotopic (exact) mass is 228 g/mol. The summed E-state index contributed by atoms with van der Waals surface area (Å²) in [5.41, 5.74) is -0.600. The third-order valence-corrected chi connectivity index (χ3v) is 2.32. The summed E-state index contributed by atoms with van der Waals surface area (Å²) in [5.74, 6) is -0.679. The number of hydrogen-bond donors (Lipinski definition) is 0. The second-order valence-electron chi connectivity index (χ2n) is 3.42. The average Bonchev–Trinajstić information content (AvgIpc) is 2.36. The van der Waals surface area contributed by atoms with E-state index in [0.29, 0.717) is 5.56 Å². The van der Waals surface area contributed by atoms with Gasteiger partial charge in [-0.1, -0.05) is 30.3 Å². The fourth-order valence-corrected chi connectivity index (χ4v) is 1.48. The van der Waals surface area contributed by atoms with Crippen molar-refractivity contribution in [3.8, 4) is 17.0 Å². The van der Waals surface area contributed by atoms with E-state index in [-0.39, 0.29) is 5.69 Å². The highest BCUT2D eigenvalue weighted by atomic mass is 16.3. The Morgan fingerprint density at radius 3 is 2.59 bits per heavy atom. The summed E-state index contributed by atoms with van der Waals surface area (Å²) in [6, 6.07) is 8.67. The highest BCUT2D eigenvalue weighted by Crippen LogP contribution is 2.29. The van der Waals surface area contributed by atoms with Gasteiger partial charge < -0.3 is 5.11 Å². The van der Waals surface area contributed by atoms with E-state index < -0.39 is 17.0 Å². The molecule has 0 aliphatic carbocycles. The smallest absolute Gasteiger partial charge is 0.445 e. The summed E-state index contributed by atoms with van der Waals surface area (Å²) in [5, 5.41) is 24.4. The van der Waals surface area contributed by atoms with E-state index in [9.17, 15) is 9.90 Å². The van der Waals surface area contributed by atoms with Crippen molar-refractivity contribution in [2.24, 2.45) is 7.05 Å². The van der Waals surface area contributed by atoms with Gasteiger partial charge in [-0.15, -0.1) is 0 Å². The van der Waals surface area contributed by atoms with Gasteiger partial charge in [0.05, 0.1) is 5.69 Å². The lowest BCUT2D eigenvalue weighted by Crippen LogP contribution is -2.21. The van der Waals surface area contributed by atoms with Crippen LogP contribution >= 0.6 is 0 Å². The van der Waals surface area contributed by atoms with Crippen LogP contribution in [0.1, 0.15) is 0 Å². The average molecular weight is 228 g/mol. The number of aromatic nitrogens is 2. The predicted molar refractivity (Wildman–Crippen MR) is 59.1 cm³/mol. The van der Waals surface area contributed by atoms with Gasteiger partial charge in [0.25, 0.3) is 0 Å². The van der Waals surface area contributed by atoms with Crippen molar-refractivity contribution in [1.29, 1.82) is 5.39 Å². The van der Waals surface area contributed by atoms with E-state index in [1.165, 1.54) is 7.05 Å². The molecule has 0 saturated heterocycles. The van der Waals surface area contributed by atoms with Crippen LogP contribution in [0.25, 0.3) is 16.2 Å². The maximum atomic E-state index is 11.8. The number of benzene rings is 1. The van der Waals surface area contributed by atoms with Crippen molar-refractivity contribution in [3.63, 3.8) is 0 Å². The molecule has 2 rings (SSSR count). The second kappa shape index (κ2) is 4.06. The van der Waals surface area contributed by atoms with Gasteiger partial charge >= 0.3 is 11.2 Å². The van der Waals surface area contributed by atoms with E-state index in [2.05, 4.69) is 10.1 Å². The molecule has 17 heavy (non-hydrogen) atoms.